The van der Waals surface area contributed by atoms with Crippen LogP contribution in [0.15, 0.2) is 28.7 Å². The maximum Gasteiger partial charge on any atom is 0.103 e. The Morgan fingerprint density at radius 1 is 1.46 bits per heavy atom. The quantitative estimate of drug-likeness (QED) is 0.604. The molecule has 0 aliphatic carbocycles. The van der Waals surface area contributed by atoms with Gasteiger partial charge in [0.15, 0.2) is 0 Å². The van der Waals surface area contributed by atoms with Crippen LogP contribution in [0, 0.1) is 0 Å². The molecule has 13 heavy (non-hydrogen) atoms. The Kier molecular flexibility index (Phi) is 2.38. The van der Waals surface area contributed by atoms with Gasteiger partial charge in [0.1, 0.15) is 5.54 Å². The number of hydrogen-bond donors (Lipinski definition) is 2. The standard InChI is InChI=1S/C9H11BrN2O/c10-8-3-1-2-7(4-8)9(12-11)5-13-6-9/h1-4,12H,5-6,11H2. The molecular weight excluding hydrogens is 232 g/mol. The van der Waals surface area contributed by atoms with E-state index >= 15 is 0 Å². The molecule has 1 heterocycles. The molecule has 1 aromatic rings. The molecule has 1 aliphatic heterocycles. The first-order valence-corrected chi connectivity index (χ1v) is 4.88. The minimum absolute atomic E-state index is 0.177. The number of benzene rings is 1. The smallest absolute Gasteiger partial charge is 0.103 e. The maximum atomic E-state index is 5.51. The predicted molar refractivity (Wildman–Crippen MR) is 54.0 cm³/mol. The normalized spacial score (nSPS) is 19.5. The van der Waals surface area contributed by atoms with E-state index in [4.69, 9.17) is 10.6 Å². The van der Waals surface area contributed by atoms with Crippen molar-refractivity contribution >= 4 is 15.9 Å². The van der Waals surface area contributed by atoms with Gasteiger partial charge in [-0.25, -0.2) is 5.43 Å². The molecule has 4 heteroatoms. The van der Waals surface area contributed by atoms with Gasteiger partial charge in [0, 0.05) is 4.47 Å². The number of ether oxygens (including phenoxy) is 1. The minimum Gasteiger partial charge on any atom is -0.377 e. The van der Waals surface area contributed by atoms with Crippen molar-refractivity contribution in [3.8, 4) is 0 Å². The van der Waals surface area contributed by atoms with Crippen LogP contribution in [-0.2, 0) is 10.3 Å². The van der Waals surface area contributed by atoms with E-state index in [0.717, 1.165) is 10.0 Å². The van der Waals surface area contributed by atoms with Crippen LogP contribution in [0.5, 0.6) is 0 Å². The second-order valence-corrected chi connectivity index (χ2v) is 4.15. The summed E-state index contributed by atoms with van der Waals surface area (Å²) in [4.78, 5) is 0. The van der Waals surface area contributed by atoms with Crippen molar-refractivity contribution in [1.29, 1.82) is 0 Å². The summed E-state index contributed by atoms with van der Waals surface area (Å²) in [5.74, 6) is 5.51. The summed E-state index contributed by atoms with van der Waals surface area (Å²) >= 11 is 3.43. The Hall–Kier alpha value is -0.420. The average Bonchev–Trinajstić information content (AvgIpc) is 2.03. The van der Waals surface area contributed by atoms with Crippen molar-refractivity contribution in [1.82, 2.24) is 5.43 Å². The Labute approximate surface area is 85.4 Å². The van der Waals surface area contributed by atoms with Gasteiger partial charge in [0.25, 0.3) is 0 Å². The third kappa shape index (κ3) is 1.50. The van der Waals surface area contributed by atoms with E-state index in [1.165, 1.54) is 0 Å². The zero-order valence-corrected chi connectivity index (χ0v) is 8.67. The van der Waals surface area contributed by atoms with Gasteiger partial charge in [-0.1, -0.05) is 28.1 Å². The number of halogens is 1. The van der Waals surface area contributed by atoms with Gasteiger partial charge >= 0.3 is 0 Å². The van der Waals surface area contributed by atoms with Crippen LogP contribution in [0.1, 0.15) is 5.56 Å². The van der Waals surface area contributed by atoms with Crippen LogP contribution in [-0.4, -0.2) is 13.2 Å². The third-order valence-electron chi connectivity index (χ3n) is 2.35. The first kappa shape index (κ1) is 9.15. The molecule has 3 nitrogen and oxygen atoms in total. The largest absolute Gasteiger partial charge is 0.377 e. The molecule has 1 aromatic carbocycles. The van der Waals surface area contributed by atoms with Crippen molar-refractivity contribution in [3.05, 3.63) is 34.3 Å². The fourth-order valence-corrected chi connectivity index (χ4v) is 1.82. The lowest BCUT2D eigenvalue weighted by Crippen LogP contribution is -2.60. The Morgan fingerprint density at radius 3 is 2.69 bits per heavy atom. The highest BCUT2D eigenvalue weighted by atomic mass is 79.9. The summed E-state index contributed by atoms with van der Waals surface area (Å²) in [5, 5.41) is 0. The molecule has 0 saturated carbocycles. The molecule has 0 spiro atoms. The number of rotatable bonds is 2. The van der Waals surface area contributed by atoms with Crippen molar-refractivity contribution in [2.75, 3.05) is 13.2 Å². The molecule has 0 atom stereocenters. The second-order valence-electron chi connectivity index (χ2n) is 3.23. The van der Waals surface area contributed by atoms with Crippen LogP contribution >= 0.6 is 15.9 Å². The van der Waals surface area contributed by atoms with E-state index in [1.54, 1.807) is 0 Å². The first-order valence-electron chi connectivity index (χ1n) is 4.08. The molecule has 0 aromatic heterocycles. The molecular formula is C9H11BrN2O. The molecule has 0 bridgehead atoms. The van der Waals surface area contributed by atoms with Crippen LogP contribution < -0.4 is 11.3 Å². The number of hydrogen-bond acceptors (Lipinski definition) is 3. The van der Waals surface area contributed by atoms with Gasteiger partial charge in [-0.15, -0.1) is 0 Å². The first-order chi connectivity index (χ1) is 6.27. The van der Waals surface area contributed by atoms with Crippen LogP contribution in [0.3, 0.4) is 0 Å². The molecule has 0 radical (unpaired) electrons. The lowest BCUT2D eigenvalue weighted by atomic mass is 9.89. The molecule has 3 N–H and O–H groups in total. The highest BCUT2D eigenvalue weighted by molar-refractivity contribution is 9.10. The highest BCUT2D eigenvalue weighted by Crippen LogP contribution is 2.29. The van der Waals surface area contributed by atoms with Gasteiger partial charge in [0.2, 0.25) is 0 Å². The fraction of sp³-hybridized carbons (Fsp3) is 0.333. The molecule has 1 aliphatic rings. The van der Waals surface area contributed by atoms with Gasteiger partial charge in [-0.05, 0) is 17.7 Å². The van der Waals surface area contributed by atoms with Crippen molar-refractivity contribution in [3.63, 3.8) is 0 Å². The zero-order chi connectivity index (χ0) is 9.31. The van der Waals surface area contributed by atoms with E-state index in [0.29, 0.717) is 13.2 Å². The van der Waals surface area contributed by atoms with Crippen LogP contribution in [0.4, 0.5) is 0 Å². The number of nitrogens with one attached hydrogen (secondary N) is 1. The average molecular weight is 243 g/mol. The monoisotopic (exact) mass is 242 g/mol. The van der Waals surface area contributed by atoms with Gasteiger partial charge in [-0.3, -0.25) is 5.84 Å². The summed E-state index contributed by atoms with van der Waals surface area (Å²) in [6, 6.07) is 8.10. The maximum absolute atomic E-state index is 5.51. The van der Waals surface area contributed by atoms with Gasteiger partial charge < -0.3 is 4.74 Å². The molecule has 1 saturated heterocycles. The lowest BCUT2D eigenvalue weighted by Gasteiger charge is -2.41. The van der Waals surface area contributed by atoms with Crippen molar-refractivity contribution in [2.24, 2.45) is 5.84 Å². The predicted octanol–water partition coefficient (Wildman–Crippen LogP) is 1.14. The molecule has 2 rings (SSSR count). The number of nitrogens with two attached hydrogens (primary N) is 1. The number of hydrazine groups is 1. The summed E-state index contributed by atoms with van der Waals surface area (Å²) < 4.78 is 6.23. The van der Waals surface area contributed by atoms with E-state index < -0.39 is 0 Å². The zero-order valence-electron chi connectivity index (χ0n) is 7.09. The van der Waals surface area contributed by atoms with E-state index in [1.807, 2.05) is 18.2 Å². The Morgan fingerprint density at radius 2 is 2.23 bits per heavy atom. The topological polar surface area (TPSA) is 47.3 Å². The molecule has 0 amide bonds. The summed E-state index contributed by atoms with van der Waals surface area (Å²) in [7, 11) is 0. The molecule has 0 unspecified atom stereocenters. The highest BCUT2D eigenvalue weighted by Gasteiger charge is 2.39. The Bertz CT molecular complexity index is 307. The van der Waals surface area contributed by atoms with Crippen molar-refractivity contribution in [2.45, 2.75) is 5.54 Å². The Balaban J connectivity index is 2.33. The van der Waals surface area contributed by atoms with Crippen molar-refractivity contribution < 1.29 is 4.74 Å². The van der Waals surface area contributed by atoms with E-state index in [-0.39, 0.29) is 5.54 Å². The van der Waals surface area contributed by atoms with E-state index in [2.05, 4.69) is 27.4 Å². The SMILES string of the molecule is NNC1(c2cccc(Br)c2)COC1. The molecule has 1 fully saturated rings. The second kappa shape index (κ2) is 3.38. The fourth-order valence-electron chi connectivity index (χ4n) is 1.43. The third-order valence-corrected chi connectivity index (χ3v) is 2.84. The summed E-state index contributed by atoms with van der Waals surface area (Å²) in [6.45, 7) is 1.28. The van der Waals surface area contributed by atoms with Gasteiger partial charge in [-0.2, -0.15) is 0 Å². The summed E-state index contributed by atoms with van der Waals surface area (Å²) in [6.07, 6.45) is 0. The minimum atomic E-state index is -0.177. The van der Waals surface area contributed by atoms with E-state index in [9.17, 15) is 0 Å². The lowest BCUT2D eigenvalue weighted by molar-refractivity contribution is -0.0787. The summed E-state index contributed by atoms with van der Waals surface area (Å²) in [5.41, 5.74) is 3.80. The van der Waals surface area contributed by atoms with Gasteiger partial charge in [0.05, 0.1) is 13.2 Å². The molecule has 70 valence electrons. The van der Waals surface area contributed by atoms with Crippen LogP contribution in [0.25, 0.3) is 0 Å². The van der Waals surface area contributed by atoms with Crippen LogP contribution in [0.2, 0.25) is 0 Å².